The van der Waals surface area contributed by atoms with Crippen molar-refractivity contribution >= 4 is 17.4 Å². The van der Waals surface area contributed by atoms with Crippen molar-refractivity contribution in [3.63, 3.8) is 0 Å². The van der Waals surface area contributed by atoms with Crippen LogP contribution in [-0.4, -0.2) is 23.6 Å². The number of aryl methyl sites for hydroxylation is 1. The molecule has 1 aromatic rings. The minimum Gasteiger partial charge on any atom is -0.469 e. The number of alkyl halides is 3. The summed E-state index contributed by atoms with van der Waals surface area (Å²) in [6.45, 7) is 6.02. The average molecular weight is 318 g/mol. The summed E-state index contributed by atoms with van der Waals surface area (Å²) < 4.78 is 43.5. The van der Waals surface area contributed by atoms with Gasteiger partial charge in [0.2, 0.25) is 0 Å². The van der Waals surface area contributed by atoms with Gasteiger partial charge in [-0.3, -0.25) is 9.59 Å². The van der Waals surface area contributed by atoms with Crippen LogP contribution in [0, 0.1) is 12.3 Å². The number of hydrogen-bond donors (Lipinski definition) is 1. The summed E-state index contributed by atoms with van der Waals surface area (Å²) in [5.41, 5.74) is -0.396. The Bertz CT molecular complexity index is 595. The second kappa shape index (κ2) is 6.33. The number of carbonyl (C=O) groups is 2. The molecule has 0 spiro atoms. The lowest BCUT2D eigenvalue weighted by Gasteiger charge is -2.18. The number of nitrogens with one attached hydrogen (secondary N) is 1. The van der Waals surface area contributed by atoms with E-state index in [1.165, 1.54) is 40.0 Å². The van der Waals surface area contributed by atoms with Gasteiger partial charge in [0.15, 0.2) is 0 Å². The number of hydrazone groups is 1. The van der Waals surface area contributed by atoms with Crippen molar-refractivity contribution in [1.29, 1.82) is 0 Å². The number of ketones is 1. The SMILES string of the molecule is Cc1occc1C(=O)N/N=C(/CC(=O)C(C)(C)C)C(F)(F)F. The van der Waals surface area contributed by atoms with Gasteiger partial charge in [-0.2, -0.15) is 18.3 Å². The standard InChI is InChI=1S/C14H17F3N2O3/c1-8-9(5-6-22-8)12(21)19-18-10(14(15,16)17)7-11(20)13(2,3)4/h5-6H,7H2,1-4H3,(H,19,21)/b18-10-. The molecule has 0 unspecified atom stereocenters. The van der Waals surface area contributed by atoms with Gasteiger partial charge in [0.05, 0.1) is 18.2 Å². The highest BCUT2D eigenvalue weighted by molar-refractivity contribution is 6.07. The molecule has 0 fully saturated rings. The van der Waals surface area contributed by atoms with Crippen molar-refractivity contribution in [3.05, 3.63) is 23.7 Å². The van der Waals surface area contributed by atoms with Crippen LogP contribution in [0.3, 0.4) is 0 Å². The Hall–Kier alpha value is -2.12. The molecule has 1 aromatic heterocycles. The number of amides is 1. The van der Waals surface area contributed by atoms with Crippen LogP contribution in [0.2, 0.25) is 0 Å². The first-order valence-electron chi connectivity index (χ1n) is 6.44. The van der Waals surface area contributed by atoms with Gasteiger partial charge >= 0.3 is 6.18 Å². The first-order chi connectivity index (χ1) is 9.93. The van der Waals surface area contributed by atoms with E-state index in [-0.39, 0.29) is 11.3 Å². The van der Waals surface area contributed by atoms with Crippen molar-refractivity contribution < 1.29 is 27.2 Å². The molecule has 1 amide bonds. The summed E-state index contributed by atoms with van der Waals surface area (Å²) in [4.78, 5) is 23.5. The van der Waals surface area contributed by atoms with Crippen LogP contribution in [0.4, 0.5) is 13.2 Å². The molecule has 0 aliphatic rings. The largest absolute Gasteiger partial charge is 0.469 e. The van der Waals surface area contributed by atoms with Gasteiger partial charge in [0, 0.05) is 5.41 Å². The Morgan fingerprint density at radius 2 is 1.86 bits per heavy atom. The zero-order valence-corrected chi connectivity index (χ0v) is 12.7. The minimum atomic E-state index is -4.81. The number of hydrogen-bond acceptors (Lipinski definition) is 4. The molecule has 0 saturated carbocycles. The molecule has 0 saturated heterocycles. The first-order valence-corrected chi connectivity index (χ1v) is 6.44. The van der Waals surface area contributed by atoms with Crippen LogP contribution in [0.5, 0.6) is 0 Å². The van der Waals surface area contributed by atoms with Crippen LogP contribution in [-0.2, 0) is 4.79 Å². The number of furan rings is 1. The summed E-state index contributed by atoms with van der Waals surface area (Å²) in [5, 5.41) is 3.08. The van der Waals surface area contributed by atoms with Crippen molar-refractivity contribution in [3.8, 4) is 0 Å². The van der Waals surface area contributed by atoms with Gasteiger partial charge in [-0.05, 0) is 13.0 Å². The maximum atomic E-state index is 12.9. The predicted molar refractivity (Wildman–Crippen MR) is 73.5 cm³/mol. The second-order valence-electron chi connectivity index (χ2n) is 5.74. The Morgan fingerprint density at radius 3 is 2.27 bits per heavy atom. The fourth-order valence-electron chi connectivity index (χ4n) is 1.42. The highest BCUT2D eigenvalue weighted by Gasteiger charge is 2.39. The van der Waals surface area contributed by atoms with Crippen molar-refractivity contribution in [2.45, 2.75) is 40.3 Å². The Balaban J connectivity index is 2.92. The van der Waals surface area contributed by atoms with Crippen LogP contribution in [0.15, 0.2) is 21.8 Å². The van der Waals surface area contributed by atoms with E-state index in [9.17, 15) is 22.8 Å². The summed E-state index contributed by atoms with van der Waals surface area (Å²) in [6, 6.07) is 1.31. The van der Waals surface area contributed by atoms with Gasteiger partial charge in [0.1, 0.15) is 17.3 Å². The molecule has 0 radical (unpaired) electrons. The average Bonchev–Trinajstić information content (AvgIpc) is 2.77. The van der Waals surface area contributed by atoms with E-state index >= 15 is 0 Å². The maximum Gasteiger partial charge on any atom is 0.431 e. The zero-order chi connectivity index (χ0) is 17.1. The summed E-state index contributed by atoms with van der Waals surface area (Å²) in [6.07, 6.45) is -4.47. The van der Waals surface area contributed by atoms with E-state index in [0.29, 0.717) is 0 Å². The zero-order valence-electron chi connectivity index (χ0n) is 12.7. The Labute approximate surface area is 125 Å². The van der Waals surface area contributed by atoms with E-state index in [1.54, 1.807) is 5.43 Å². The first kappa shape index (κ1) is 17.9. The van der Waals surface area contributed by atoms with E-state index < -0.39 is 35.4 Å². The van der Waals surface area contributed by atoms with E-state index in [2.05, 4.69) is 5.10 Å². The number of rotatable bonds is 4. The lowest BCUT2D eigenvalue weighted by atomic mass is 9.88. The van der Waals surface area contributed by atoms with Gasteiger partial charge in [-0.25, -0.2) is 5.43 Å². The molecule has 0 bridgehead atoms. The second-order valence-corrected chi connectivity index (χ2v) is 5.74. The molecule has 5 nitrogen and oxygen atoms in total. The highest BCUT2D eigenvalue weighted by atomic mass is 19.4. The molecular weight excluding hydrogens is 301 g/mol. The van der Waals surface area contributed by atoms with Crippen molar-refractivity contribution in [1.82, 2.24) is 5.43 Å². The third-order valence-electron chi connectivity index (χ3n) is 2.89. The molecule has 0 aliphatic heterocycles. The molecule has 0 aromatic carbocycles. The minimum absolute atomic E-state index is 0.0763. The molecule has 22 heavy (non-hydrogen) atoms. The normalized spacial score (nSPS) is 13.1. The van der Waals surface area contributed by atoms with E-state index in [1.807, 2.05) is 0 Å². The number of nitrogens with zero attached hydrogens (tertiary/aromatic N) is 1. The monoisotopic (exact) mass is 318 g/mol. The third-order valence-corrected chi connectivity index (χ3v) is 2.89. The van der Waals surface area contributed by atoms with E-state index in [4.69, 9.17) is 4.42 Å². The van der Waals surface area contributed by atoms with Crippen LogP contribution in [0.25, 0.3) is 0 Å². The molecule has 0 aliphatic carbocycles. The van der Waals surface area contributed by atoms with Crippen LogP contribution in [0.1, 0.15) is 43.3 Å². The lowest BCUT2D eigenvalue weighted by molar-refractivity contribution is -0.126. The quantitative estimate of drug-likeness (QED) is 0.684. The molecule has 8 heteroatoms. The van der Waals surface area contributed by atoms with Crippen LogP contribution >= 0.6 is 0 Å². The van der Waals surface area contributed by atoms with Crippen LogP contribution < -0.4 is 5.43 Å². The lowest BCUT2D eigenvalue weighted by Crippen LogP contribution is -2.33. The van der Waals surface area contributed by atoms with Gasteiger partial charge in [-0.1, -0.05) is 20.8 Å². The molecule has 1 heterocycles. The van der Waals surface area contributed by atoms with Gasteiger partial charge in [0.25, 0.3) is 5.91 Å². The highest BCUT2D eigenvalue weighted by Crippen LogP contribution is 2.24. The number of Topliss-reactive ketones (excluding diaryl/α,β-unsaturated/α-hetero) is 1. The number of halogens is 3. The topological polar surface area (TPSA) is 71.7 Å². The van der Waals surface area contributed by atoms with E-state index in [0.717, 1.165) is 0 Å². The molecular formula is C14H17F3N2O3. The molecule has 122 valence electrons. The van der Waals surface area contributed by atoms with Crippen molar-refractivity contribution in [2.24, 2.45) is 10.5 Å². The smallest absolute Gasteiger partial charge is 0.431 e. The fraction of sp³-hybridized carbons (Fsp3) is 0.500. The third kappa shape index (κ3) is 4.71. The molecule has 0 atom stereocenters. The molecule has 1 N–H and O–H groups in total. The summed E-state index contributed by atoms with van der Waals surface area (Å²) in [7, 11) is 0. The maximum absolute atomic E-state index is 12.9. The predicted octanol–water partition coefficient (Wildman–Crippen LogP) is 3.24. The summed E-state index contributed by atoms with van der Waals surface area (Å²) in [5.74, 6) is -1.21. The fourth-order valence-corrected chi connectivity index (χ4v) is 1.42. The van der Waals surface area contributed by atoms with Gasteiger partial charge in [-0.15, -0.1) is 0 Å². The Morgan fingerprint density at radius 1 is 1.27 bits per heavy atom. The molecule has 1 rings (SSSR count). The summed E-state index contributed by atoms with van der Waals surface area (Å²) >= 11 is 0. The number of carbonyl (C=O) groups excluding carboxylic acids is 2. The Kier molecular flexibility index (Phi) is 5.16. The van der Waals surface area contributed by atoms with Gasteiger partial charge < -0.3 is 4.42 Å². The van der Waals surface area contributed by atoms with Crippen molar-refractivity contribution in [2.75, 3.05) is 0 Å².